The summed E-state index contributed by atoms with van der Waals surface area (Å²) in [4.78, 5) is 0. The molecule has 2 nitrogen and oxygen atoms in total. The van der Waals surface area contributed by atoms with Crippen LogP contribution < -0.4 is 5.32 Å². The van der Waals surface area contributed by atoms with E-state index in [4.69, 9.17) is 4.74 Å². The Labute approximate surface area is 104 Å². The molecule has 0 amide bonds. The van der Waals surface area contributed by atoms with Crippen LogP contribution in [0.4, 0.5) is 0 Å². The van der Waals surface area contributed by atoms with E-state index >= 15 is 0 Å². The zero-order chi connectivity index (χ0) is 11.2. The van der Waals surface area contributed by atoms with Crippen molar-refractivity contribution in [2.45, 2.75) is 44.6 Å². The summed E-state index contributed by atoms with van der Waals surface area (Å²) in [7, 11) is 0. The summed E-state index contributed by atoms with van der Waals surface area (Å²) < 4.78 is 5.92. The number of morpholine rings is 1. The molecule has 0 aromatic rings. The lowest BCUT2D eigenvalue weighted by atomic mass is 9.51. The molecule has 4 aliphatic carbocycles. The van der Waals surface area contributed by atoms with E-state index in [0.29, 0.717) is 6.10 Å². The first-order valence-electron chi connectivity index (χ1n) is 7.71. The van der Waals surface area contributed by atoms with Crippen molar-refractivity contribution < 1.29 is 4.74 Å². The van der Waals surface area contributed by atoms with E-state index in [1.807, 2.05) is 0 Å². The normalized spacial score (nSPS) is 52.9. The van der Waals surface area contributed by atoms with Crippen LogP contribution >= 0.6 is 0 Å². The van der Waals surface area contributed by atoms with Gasteiger partial charge in [-0.25, -0.2) is 0 Å². The minimum atomic E-state index is 0.520. The highest BCUT2D eigenvalue weighted by molar-refractivity contribution is 4.98. The first-order chi connectivity index (χ1) is 8.38. The number of hydrogen-bond acceptors (Lipinski definition) is 2. The van der Waals surface area contributed by atoms with Crippen LogP contribution in [-0.4, -0.2) is 25.8 Å². The van der Waals surface area contributed by atoms with Gasteiger partial charge in [0.2, 0.25) is 0 Å². The summed E-state index contributed by atoms with van der Waals surface area (Å²) in [6.45, 7) is 3.08. The molecule has 1 heterocycles. The summed E-state index contributed by atoms with van der Waals surface area (Å²) >= 11 is 0. The van der Waals surface area contributed by atoms with Gasteiger partial charge in [0.25, 0.3) is 0 Å². The van der Waals surface area contributed by atoms with E-state index in [-0.39, 0.29) is 0 Å². The lowest BCUT2D eigenvalue weighted by Crippen LogP contribution is -2.48. The summed E-state index contributed by atoms with van der Waals surface area (Å²) in [5.41, 5.74) is 0. The Hall–Kier alpha value is -0.0800. The number of rotatable bonds is 2. The van der Waals surface area contributed by atoms with Crippen molar-refractivity contribution in [3.63, 3.8) is 0 Å². The Morgan fingerprint density at radius 2 is 1.65 bits per heavy atom. The van der Waals surface area contributed by atoms with Crippen molar-refractivity contribution >= 4 is 0 Å². The van der Waals surface area contributed by atoms with Crippen molar-refractivity contribution in [3.8, 4) is 0 Å². The second-order valence-electron chi connectivity index (χ2n) is 7.03. The minimum Gasteiger partial charge on any atom is -0.376 e. The number of ether oxygens (including phenoxy) is 1. The highest BCUT2D eigenvalue weighted by atomic mass is 16.5. The topological polar surface area (TPSA) is 21.3 Å². The number of hydrogen-bond donors (Lipinski definition) is 1. The molecule has 5 aliphatic rings. The van der Waals surface area contributed by atoms with Crippen LogP contribution in [0.15, 0.2) is 0 Å². The van der Waals surface area contributed by atoms with Crippen molar-refractivity contribution in [2.75, 3.05) is 19.7 Å². The van der Waals surface area contributed by atoms with Gasteiger partial charge in [-0.1, -0.05) is 0 Å². The second kappa shape index (κ2) is 4.24. The van der Waals surface area contributed by atoms with Crippen LogP contribution in [-0.2, 0) is 4.74 Å². The Morgan fingerprint density at radius 1 is 0.941 bits per heavy atom. The maximum atomic E-state index is 5.92. The van der Waals surface area contributed by atoms with Crippen molar-refractivity contribution in [1.29, 1.82) is 0 Å². The van der Waals surface area contributed by atoms with E-state index in [0.717, 1.165) is 49.3 Å². The van der Waals surface area contributed by atoms with Gasteiger partial charge in [0, 0.05) is 13.1 Å². The van der Waals surface area contributed by atoms with Gasteiger partial charge < -0.3 is 10.1 Å². The summed E-state index contributed by atoms with van der Waals surface area (Å²) in [6.07, 6.45) is 9.65. The summed E-state index contributed by atoms with van der Waals surface area (Å²) in [5, 5.41) is 3.48. The molecule has 0 aromatic carbocycles. The summed E-state index contributed by atoms with van der Waals surface area (Å²) in [6, 6.07) is 0. The molecule has 1 aliphatic heterocycles. The van der Waals surface area contributed by atoms with Crippen molar-refractivity contribution in [3.05, 3.63) is 0 Å². The Bertz CT molecular complexity index is 257. The Kier molecular flexibility index (Phi) is 2.69. The van der Waals surface area contributed by atoms with Gasteiger partial charge in [0.05, 0.1) is 12.7 Å². The molecule has 1 atom stereocenters. The molecule has 5 fully saturated rings. The standard InChI is InChI=1S/C15H25NO/c1-2-17-14(9-16-1)8-15-12-4-10-3-11(6-12)7-13(15)5-10/h10-16H,1-9H2. The molecule has 5 rings (SSSR count). The molecular formula is C15H25NO. The molecule has 4 bridgehead atoms. The van der Waals surface area contributed by atoms with Gasteiger partial charge in [-0.2, -0.15) is 0 Å². The molecule has 0 aromatic heterocycles. The average Bonchev–Trinajstić information content (AvgIpc) is 2.34. The lowest BCUT2D eigenvalue weighted by Gasteiger charge is -2.55. The molecule has 1 N–H and O–H groups in total. The van der Waals surface area contributed by atoms with Crippen molar-refractivity contribution in [2.24, 2.45) is 29.6 Å². The van der Waals surface area contributed by atoms with E-state index in [1.165, 1.54) is 6.42 Å². The third-order valence-electron chi connectivity index (χ3n) is 5.96. The maximum Gasteiger partial charge on any atom is 0.0702 e. The molecule has 17 heavy (non-hydrogen) atoms. The van der Waals surface area contributed by atoms with Gasteiger partial charge in [-0.3, -0.25) is 0 Å². The first kappa shape index (κ1) is 10.8. The predicted molar refractivity (Wildman–Crippen MR) is 67.8 cm³/mol. The smallest absolute Gasteiger partial charge is 0.0702 e. The van der Waals surface area contributed by atoms with Gasteiger partial charge in [-0.15, -0.1) is 0 Å². The van der Waals surface area contributed by atoms with Crippen LogP contribution in [0.2, 0.25) is 0 Å². The van der Waals surface area contributed by atoms with Crippen LogP contribution in [0.5, 0.6) is 0 Å². The van der Waals surface area contributed by atoms with Crippen LogP contribution in [0.25, 0.3) is 0 Å². The summed E-state index contributed by atoms with van der Waals surface area (Å²) in [5.74, 6) is 5.36. The fourth-order valence-electron chi connectivity index (χ4n) is 5.50. The Morgan fingerprint density at radius 3 is 2.24 bits per heavy atom. The quantitative estimate of drug-likeness (QED) is 0.794. The second-order valence-corrected chi connectivity index (χ2v) is 7.03. The van der Waals surface area contributed by atoms with Crippen LogP contribution in [0.3, 0.4) is 0 Å². The molecule has 96 valence electrons. The Balaban J connectivity index is 1.43. The zero-order valence-corrected chi connectivity index (χ0v) is 10.7. The molecule has 0 spiro atoms. The molecule has 4 saturated carbocycles. The van der Waals surface area contributed by atoms with Crippen molar-refractivity contribution in [1.82, 2.24) is 5.32 Å². The highest BCUT2D eigenvalue weighted by Crippen LogP contribution is 2.57. The zero-order valence-electron chi connectivity index (χ0n) is 10.7. The van der Waals surface area contributed by atoms with Gasteiger partial charge in [0.15, 0.2) is 0 Å². The van der Waals surface area contributed by atoms with E-state index in [2.05, 4.69) is 5.32 Å². The average molecular weight is 235 g/mol. The fraction of sp³-hybridized carbons (Fsp3) is 1.00. The highest BCUT2D eigenvalue weighted by Gasteiger charge is 2.48. The van der Waals surface area contributed by atoms with E-state index in [1.54, 1.807) is 32.1 Å². The van der Waals surface area contributed by atoms with E-state index < -0.39 is 0 Å². The SMILES string of the molecule is C1COC(CC2C3CC4CC(C3)CC2C4)CN1. The minimum absolute atomic E-state index is 0.520. The maximum absolute atomic E-state index is 5.92. The first-order valence-corrected chi connectivity index (χ1v) is 7.71. The molecule has 2 heteroatoms. The molecular weight excluding hydrogens is 210 g/mol. The third-order valence-corrected chi connectivity index (χ3v) is 5.96. The number of nitrogens with one attached hydrogen (secondary N) is 1. The van der Waals surface area contributed by atoms with E-state index in [9.17, 15) is 0 Å². The lowest BCUT2D eigenvalue weighted by molar-refractivity contribution is -0.0702. The molecule has 0 radical (unpaired) electrons. The van der Waals surface area contributed by atoms with Crippen LogP contribution in [0.1, 0.15) is 38.5 Å². The third kappa shape index (κ3) is 1.94. The van der Waals surface area contributed by atoms with Crippen LogP contribution in [0, 0.1) is 29.6 Å². The largest absolute Gasteiger partial charge is 0.376 e. The van der Waals surface area contributed by atoms with Gasteiger partial charge in [-0.05, 0) is 68.1 Å². The molecule has 1 unspecified atom stereocenters. The monoisotopic (exact) mass is 235 g/mol. The fourth-order valence-corrected chi connectivity index (χ4v) is 5.50. The van der Waals surface area contributed by atoms with Gasteiger partial charge in [0.1, 0.15) is 0 Å². The molecule has 1 saturated heterocycles. The van der Waals surface area contributed by atoms with Gasteiger partial charge >= 0.3 is 0 Å². The predicted octanol–water partition coefficient (Wildman–Crippen LogP) is 2.44.